The number of fused-ring (bicyclic) bond motifs is 2. The number of aliphatic hydroxyl groups is 1. The Hall–Kier alpha value is -4.06. The zero-order valence-electron chi connectivity index (χ0n) is 25.1. The lowest BCUT2D eigenvalue weighted by Crippen LogP contribution is -2.50. The topological polar surface area (TPSA) is 128 Å². The number of benzene rings is 2. The van der Waals surface area contributed by atoms with Crippen LogP contribution in [-0.2, 0) is 26.9 Å². The molecule has 0 spiro atoms. The van der Waals surface area contributed by atoms with Gasteiger partial charge in [0.05, 0.1) is 28.5 Å². The number of nitrogens with zero attached hydrogens (tertiary/aromatic N) is 2. The Labute approximate surface area is 257 Å². The average molecular weight is 620 g/mol. The van der Waals surface area contributed by atoms with Crippen LogP contribution in [-0.4, -0.2) is 49.8 Å². The normalized spacial score (nSPS) is 18.2. The molecule has 3 atom stereocenters. The quantitative estimate of drug-likeness (QED) is 0.184. The summed E-state index contributed by atoms with van der Waals surface area (Å²) in [4.78, 5) is 35.0. The van der Waals surface area contributed by atoms with Crippen molar-refractivity contribution >= 4 is 34.0 Å². The van der Waals surface area contributed by atoms with Gasteiger partial charge in [-0.1, -0.05) is 6.07 Å². The first kappa shape index (κ1) is 31.4. The molecule has 4 aromatic rings. The Kier molecular flexibility index (Phi) is 8.41. The highest BCUT2D eigenvalue weighted by Gasteiger charge is 2.46. The molecule has 9 nitrogen and oxygen atoms in total. The second kappa shape index (κ2) is 11.8. The van der Waals surface area contributed by atoms with E-state index in [0.29, 0.717) is 34.2 Å². The molecule has 3 heterocycles. The number of ketones is 1. The lowest BCUT2D eigenvalue weighted by Gasteiger charge is -2.29. The number of hydrogen-bond donors (Lipinski definition) is 2. The molecule has 0 fully saturated rings. The number of Topliss-reactive ketones (excluding diaryl/α,β-unsaturated/α-hetero) is 1. The summed E-state index contributed by atoms with van der Waals surface area (Å²) in [5, 5.41) is 12.5. The third kappa shape index (κ3) is 5.99. The van der Waals surface area contributed by atoms with E-state index in [2.05, 4.69) is 9.71 Å². The summed E-state index contributed by atoms with van der Waals surface area (Å²) in [6.45, 7) is 6.70. The third-order valence-corrected chi connectivity index (χ3v) is 9.31. The number of carbonyl (C=O) groups excluding carboxylic acids is 2. The summed E-state index contributed by atoms with van der Waals surface area (Å²) in [7, 11) is -0.143. The summed E-state index contributed by atoms with van der Waals surface area (Å²) >= 11 is 0. The molecular formula is C33H34FN3O6S. The predicted octanol–water partition coefficient (Wildman–Crippen LogP) is 5.15. The summed E-state index contributed by atoms with van der Waals surface area (Å²) in [5.74, 6) is 0.0583. The lowest BCUT2D eigenvalue weighted by molar-refractivity contribution is -0.113. The molecule has 44 heavy (non-hydrogen) atoms. The van der Waals surface area contributed by atoms with Crippen molar-refractivity contribution in [3.63, 3.8) is 0 Å². The van der Waals surface area contributed by atoms with Crippen molar-refractivity contribution in [2.75, 3.05) is 13.7 Å². The summed E-state index contributed by atoms with van der Waals surface area (Å²) in [6.07, 6.45) is 2.24. The number of rotatable bonds is 10. The minimum absolute atomic E-state index is 0.00976. The number of ether oxygens (including phenoxy) is 2. The van der Waals surface area contributed by atoms with E-state index in [1.807, 2.05) is 6.07 Å². The first-order valence-corrected chi connectivity index (χ1v) is 15.2. The van der Waals surface area contributed by atoms with E-state index in [4.69, 9.17) is 14.5 Å². The van der Waals surface area contributed by atoms with Crippen LogP contribution in [0.5, 0.6) is 11.5 Å². The van der Waals surface area contributed by atoms with Crippen LogP contribution in [0.15, 0.2) is 60.8 Å². The first-order valence-electron chi connectivity index (χ1n) is 14.1. The van der Waals surface area contributed by atoms with Gasteiger partial charge in [-0.3, -0.25) is 9.78 Å². The van der Waals surface area contributed by atoms with Crippen LogP contribution in [0.4, 0.5) is 4.39 Å². The second-order valence-corrected chi connectivity index (χ2v) is 14.0. The van der Waals surface area contributed by atoms with E-state index in [0.717, 1.165) is 5.39 Å². The number of halogens is 1. The maximum absolute atomic E-state index is 13.8. The molecule has 1 aliphatic rings. The fourth-order valence-corrected chi connectivity index (χ4v) is 5.84. The van der Waals surface area contributed by atoms with E-state index in [1.54, 1.807) is 51.2 Å². The SMILES string of the molecule is COc1cc(C(=O)CCC(C)(O)c2cc3c(c(-c4ccc(F)cc4)n2)OCC3(C=O)NS(=O)C(C)(C)C)cc2cccnc12. The summed E-state index contributed by atoms with van der Waals surface area (Å²) < 4.78 is 40.6. The molecule has 0 saturated carbocycles. The van der Waals surface area contributed by atoms with Crippen molar-refractivity contribution < 1.29 is 32.8 Å². The van der Waals surface area contributed by atoms with Crippen molar-refractivity contribution in [1.29, 1.82) is 0 Å². The zero-order chi connectivity index (χ0) is 31.9. The van der Waals surface area contributed by atoms with Gasteiger partial charge in [0, 0.05) is 34.7 Å². The fourth-order valence-electron chi connectivity index (χ4n) is 4.98. The average Bonchev–Trinajstić information content (AvgIpc) is 3.37. The molecule has 0 radical (unpaired) electrons. The number of aromatic nitrogens is 2. The maximum Gasteiger partial charge on any atom is 0.163 e. The minimum atomic E-state index is -1.65. The van der Waals surface area contributed by atoms with Crippen molar-refractivity contribution in [2.24, 2.45) is 0 Å². The molecule has 5 rings (SSSR count). The van der Waals surface area contributed by atoms with Gasteiger partial charge in [0.25, 0.3) is 0 Å². The number of pyridine rings is 2. The van der Waals surface area contributed by atoms with Gasteiger partial charge in [-0.25, -0.2) is 18.3 Å². The highest BCUT2D eigenvalue weighted by molar-refractivity contribution is 7.84. The largest absolute Gasteiger partial charge is 0.494 e. The molecule has 230 valence electrons. The van der Waals surface area contributed by atoms with Crippen molar-refractivity contribution in [2.45, 2.75) is 56.4 Å². The Morgan fingerprint density at radius 3 is 2.57 bits per heavy atom. The number of methoxy groups -OCH3 is 1. The molecule has 1 aliphatic heterocycles. The molecule has 2 aromatic heterocycles. The predicted molar refractivity (Wildman–Crippen MR) is 165 cm³/mol. The Morgan fingerprint density at radius 2 is 1.91 bits per heavy atom. The second-order valence-electron chi connectivity index (χ2n) is 12.1. The van der Waals surface area contributed by atoms with Crippen molar-refractivity contribution in [3.05, 3.63) is 83.4 Å². The van der Waals surface area contributed by atoms with Crippen LogP contribution >= 0.6 is 0 Å². The molecule has 0 bridgehead atoms. The van der Waals surface area contributed by atoms with Gasteiger partial charge in [0.15, 0.2) is 11.5 Å². The fraction of sp³-hybridized carbons (Fsp3) is 0.333. The Bertz CT molecular complexity index is 1770. The van der Waals surface area contributed by atoms with Crippen LogP contribution in [0.3, 0.4) is 0 Å². The van der Waals surface area contributed by atoms with Gasteiger partial charge >= 0.3 is 0 Å². The van der Waals surface area contributed by atoms with E-state index in [-0.39, 0.29) is 42.4 Å². The Morgan fingerprint density at radius 1 is 1.18 bits per heavy atom. The van der Waals surface area contributed by atoms with E-state index in [1.165, 1.54) is 38.3 Å². The number of nitrogens with one attached hydrogen (secondary N) is 1. The van der Waals surface area contributed by atoms with Gasteiger partial charge in [-0.05, 0) is 82.6 Å². The summed E-state index contributed by atoms with van der Waals surface area (Å²) in [6, 6.07) is 14.1. The van der Waals surface area contributed by atoms with Gasteiger partial charge < -0.3 is 19.4 Å². The van der Waals surface area contributed by atoms with Crippen LogP contribution in [0.25, 0.3) is 22.2 Å². The van der Waals surface area contributed by atoms with Gasteiger partial charge in [-0.15, -0.1) is 0 Å². The van der Waals surface area contributed by atoms with Crippen LogP contribution in [0.1, 0.15) is 62.2 Å². The molecule has 2 aromatic carbocycles. The lowest BCUT2D eigenvalue weighted by atomic mass is 9.87. The van der Waals surface area contributed by atoms with Crippen LogP contribution < -0.4 is 14.2 Å². The standard InChI is InChI=1S/C33H34FN3O6S/c1-31(2,3)44(41)37-33(18-38)19-43-30-24(33)17-27(36-29(30)20-8-10-23(34)11-9-20)32(4,40)13-12-25(39)22-15-21-7-6-14-35-28(21)26(16-22)42-5/h6-11,14-18,37,40H,12-13,19H2,1-5H3. The van der Waals surface area contributed by atoms with Gasteiger partial charge in [-0.2, -0.15) is 0 Å². The molecule has 2 N–H and O–H groups in total. The number of hydrogen-bond acceptors (Lipinski definition) is 8. The van der Waals surface area contributed by atoms with Crippen LogP contribution in [0, 0.1) is 5.82 Å². The first-order chi connectivity index (χ1) is 20.8. The Balaban J connectivity index is 1.53. The van der Waals surface area contributed by atoms with Gasteiger partial charge in [0.1, 0.15) is 46.8 Å². The van der Waals surface area contributed by atoms with Crippen LogP contribution in [0.2, 0.25) is 0 Å². The summed E-state index contributed by atoms with van der Waals surface area (Å²) in [5.41, 5.74) is -0.805. The zero-order valence-corrected chi connectivity index (χ0v) is 26.0. The number of carbonyl (C=O) groups is 2. The monoisotopic (exact) mass is 619 g/mol. The van der Waals surface area contributed by atoms with E-state index in [9.17, 15) is 23.3 Å². The van der Waals surface area contributed by atoms with E-state index >= 15 is 0 Å². The van der Waals surface area contributed by atoms with Crippen molar-refractivity contribution in [1.82, 2.24) is 14.7 Å². The van der Waals surface area contributed by atoms with E-state index < -0.39 is 32.7 Å². The van der Waals surface area contributed by atoms with Crippen molar-refractivity contribution in [3.8, 4) is 22.8 Å². The highest BCUT2D eigenvalue weighted by Crippen LogP contribution is 2.45. The molecule has 0 aliphatic carbocycles. The highest BCUT2D eigenvalue weighted by atomic mass is 32.2. The molecular weight excluding hydrogens is 585 g/mol. The van der Waals surface area contributed by atoms with Gasteiger partial charge in [0.2, 0.25) is 0 Å². The maximum atomic E-state index is 13.8. The smallest absolute Gasteiger partial charge is 0.163 e. The molecule has 0 amide bonds. The molecule has 0 saturated heterocycles. The molecule has 3 unspecified atom stereocenters. The third-order valence-electron chi connectivity index (χ3n) is 7.65. The minimum Gasteiger partial charge on any atom is -0.494 e. The molecule has 11 heteroatoms. The number of aldehydes is 1.